The van der Waals surface area contributed by atoms with Gasteiger partial charge in [0.15, 0.2) is 10.3 Å². The number of aromatic nitrogens is 3. The molecular formula is C22H22ClF3N4O2S. The zero-order valence-corrected chi connectivity index (χ0v) is 19.6. The van der Waals surface area contributed by atoms with Crippen molar-refractivity contribution in [3.05, 3.63) is 56.0 Å². The third-order valence-corrected chi connectivity index (χ3v) is 7.10. The van der Waals surface area contributed by atoms with Gasteiger partial charge in [0.25, 0.3) is 5.56 Å². The third kappa shape index (κ3) is 4.63. The smallest absolute Gasteiger partial charge is 0.333 e. The molecule has 0 radical (unpaired) electrons. The first-order valence-electron chi connectivity index (χ1n) is 10.6. The fraction of sp³-hybridized carbons (Fsp3) is 0.455. The Kier molecular flexibility index (Phi) is 6.50. The minimum atomic E-state index is -4.77. The molecule has 1 amide bonds. The maximum absolute atomic E-state index is 13.5. The molecular weight excluding hydrogens is 477 g/mol. The summed E-state index contributed by atoms with van der Waals surface area (Å²) in [5.41, 5.74) is -0.0344. The lowest BCUT2D eigenvalue weighted by Gasteiger charge is -2.23. The van der Waals surface area contributed by atoms with E-state index in [9.17, 15) is 22.8 Å². The number of likely N-dealkylation sites (tertiary alicyclic amines) is 1. The molecule has 3 aromatic rings. The Morgan fingerprint density at radius 2 is 2.00 bits per heavy atom. The van der Waals surface area contributed by atoms with Gasteiger partial charge in [0.05, 0.1) is 6.04 Å². The minimum Gasteiger partial charge on any atom is -0.333 e. The molecule has 0 aliphatic carbocycles. The van der Waals surface area contributed by atoms with Crippen molar-refractivity contribution >= 4 is 39.2 Å². The van der Waals surface area contributed by atoms with Gasteiger partial charge >= 0.3 is 6.18 Å². The number of benzene rings is 1. The topological polar surface area (TPSA) is 68.1 Å². The minimum absolute atomic E-state index is 0.0606. The van der Waals surface area contributed by atoms with Gasteiger partial charge in [-0.15, -0.1) is 0 Å². The van der Waals surface area contributed by atoms with E-state index in [1.54, 1.807) is 11.0 Å². The lowest BCUT2D eigenvalue weighted by Crippen LogP contribution is -2.31. The molecule has 0 unspecified atom stereocenters. The second-order valence-corrected chi connectivity index (χ2v) is 9.66. The van der Waals surface area contributed by atoms with Crippen LogP contribution < -0.4 is 5.56 Å². The number of carbonyl (C=O) groups excluding carboxylic acids is 1. The fourth-order valence-corrected chi connectivity index (χ4v) is 5.44. The number of hydrogen-bond acceptors (Lipinski definition) is 5. The Morgan fingerprint density at radius 3 is 2.67 bits per heavy atom. The number of fused-ring (bicyclic) bond motifs is 1. The maximum atomic E-state index is 13.5. The summed E-state index contributed by atoms with van der Waals surface area (Å²) in [5.74, 6) is -1.32. The standard InChI is InChI=1S/C22H22ClF3N4O2S/c1-12(2)30-20(32)17-19(28-21(30)22(24,25)26)33-18(27-17)15-8-5-11-29(15)16(31)10-9-13-6-3-4-7-14(13)23/h3-4,6-7,12,15H,5,8-11H2,1-2H3/t15-/m1/s1. The molecule has 0 saturated carbocycles. The Morgan fingerprint density at radius 1 is 1.27 bits per heavy atom. The molecule has 11 heteroatoms. The summed E-state index contributed by atoms with van der Waals surface area (Å²) < 4.78 is 41.3. The van der Waals surface area contributed by atoms with E-state index in [1.165, 1.54) is 13.8 Å². The van der Waals surface area contributed by atoms with Crippen LogP contribution in [0.15, 0.2) is 29.1 Å². The van der Waals surface area contributed by atoms with Crippen molar-refractivity contribution in [2.45, 2.75) is 57.8 Å². The Hall–Kier alpha value is -2.46. The summed E-state index contributed by atoms with van der Waals surface area (Å²) in [6.07, 6.45) is -2.66. The molecule has 6 nitrogen and oxygen atoms in total. The van der Waals surface area contributed by atoms with Crippen molar-refractivity contribution in [1.29, 1.82) is 0 Å². The highest BCUT2D eigenvalue weighted by Crippen LogP contribution is 2.37. The summed E-state index contributed by atoms with van der Waals surface area (Å²) >= 11 is 7.13. The molecule has 1 aromatic carbocycles. The van der Waals surface area contributed by atoms with Gasteiger partial charge in [-0.25, -0.2) is 9.97 Å². The van der Waals surface area contributed by atoms with Gasteiger partial charge in [0, 0.05) is 24.0 Å². The Labute approximate surface area is 197 Å². The van der Waals surface area contributed by atoms with Crippen LogP contribution in [0.2, 0.25) is 5.02 Å². The molecule has 1 aliphatic rings. The largest absolute Gasteiger partial charge is 0.449 e. The van der Waals surface area contributed by atoms with E-state index in [4.69, 9.17) is 11.6 Å². The van der Waals surface area contributed by atoms with Gasteiger partial charge in [-0.1, -0.05) is 41.1 Å². The predicted octanol–water partition coefficient (Wildman–Crippen LogP) is 5.40. The number of aryl methyl sites for hydroxylation is 1. The number of nitrogens with zero attached hydrogens (tertiary/aromatic N) is 4. The van der Waals surface area contributed by atoms with Crippen LogP contribution in [0, 0.1) is 0 Å². The zero-order valence-electron chi connectivity index (χ0n) is 18.0. The van der Waals surface area contributed by atoms with Crippen LogP contribution in [0.1, 0.15) is 61.6 Å². The van der Waals surface area contributed by atoms with E-state index >= 15 is 0 Å². The van der Waals surface area contributed by atoms with Gasteiger partial charge in [-0.3, -0.25) is 14.2 Å². The number of rotatable bonds is 5. The van der Waals surface area contributed by atoms with Gasteiger partial charge in [0.2, 0.25) is 11.7 Å². The van der Waals surface area contributed by atoms with Crippen LogP contribution in [0.25, 0.3) is 10.3 Å². The van der Waals surface area contributed by atoms with E-state index < -0.39 is 23.6 Å². The van der Waals surface area contributed by atoms with Gasteiger partial charge in [-0.2, -0.15) is 13.2 Å². The molecule has 33 heavy (non-hydrogen) atoms. The summed E-state index contributed by atoms with van der Waals surface area (Å²) in [4.78, 5) is 35.6. The predicted molar refractivity (Wildman–Crippen MR) is 121 cm³/mol. The molecule has 1 atom stereocenters. The molecule has 1 aliphatic heterocycles. The van der Waals surface area contributed by atoms with Crippen LogP contribution in [0.5, 0.6) is 0 Å². The number of amides is 1. The first-order valence-corrected chi connectivity index (χ1v) is 11.8. The summed E-state index contributed by atoms with van der Waals surface area (Å²) in [6.45, 7) is 3.51. The van der Waals surface area contributed by atoms with Crippen LogP contribution in [-0.4, -0.2) is 31.9 Å². The Balaban J connectivity index is 1.64. The molecule has 1 fully saturated rings. The summed E-state index contributed by atoms with van der Waals surface area (Å²) in [5, 5.41) is 1.04. The van der Waals surface area contributed by atoms with Gasteiger partial charge in [-0.05, 0) is 44.7 Å². The van der Waals surface area contributed by atoms with Crippen LogP contribution in [0.4, 0.5) is 13.2 Å². The second kappa shape index (κ2) is 9.06. The average Bonchev–Trinajstić information content (AvgIpc) is 3.39. The van der Waals surface area contributed by atoms with E-state index in [2.05, 4.69) is 9.97 Å². The van der Waals surface area contributed by atoms with E-state index in [-0.39, 0.29) is 28.7 Å². The highest BCUT2D eigenvalue weighted by molar-refractivity contribution is 7.18. The van der Waals surface area contributed by atoms with Crippen LogP contribution in [-0.2, 0) is 17.4 Å². The quantitative estimate of drug-likeness (QED) is 0.472. The van der Waals surface area contributed by atoms with E-state index in [0.29, 0.717) is 34.0 Å². The molecule has 0 N–H and O–H groups in total. The Bertz CT molecular complexity index is 1250. The second-order valence-electron chi connectivity index (χ2n) is 8.24. The molecule has 2 aromatic heterocycles. The third-order valence-electron chi connectivity index (χ3n) is 5.68. The summed E-state index contributed by atoms with van der Waals surface area (Å²) in [7, 11) is 0. The number of carbonyl (C=O) groups is 1. The molecule has 4 rings (SSSR count). The SMILES string of the molecule is CC(C)n1c(C(F)(F)F)nc2sc([C@H]3CCCN3C(=O)CCc3ccccc3Cl)nc2c1=O. The van der Waals surface area contributed by atoms with Crippen molar-refractivity contribution in [1.82, 2.24) is 19.4 Å². The van der Waals surface area contributed by atoms with Crippen LogP contribution >= 0.6 is 22.9 Å². The monoisotopic (exact) mass is 498 g/mol. The van der Waals surface area contributed by atoms with Crippen molar-refractivity contribution in [3.8, 4) is 0 Å². The highest BCUT2D eigenvalue weighted by Gasteiger charge is 2.39. The molecule has 0 bridgehead atoms. The first-order chi connectivity index (χ1) is 15.6. The van der Waals surface area contributed by atoms with E-state index in [1.807, 2.05) is 18.2 Å². The van der Waals surface area contributed by atoms with Crippen molar-refractivity contribution < 1.29 is 18.0 Å². The van der Waals surface area contributed by atoms with Crippen molar-refractivity contribution in [2.24, 2.45) is 0 Å². The van der Waals surface area contributed by atoms with Gasteiger partial charge < -0.3 is 4.90 Å². The average molecular weight is 499 g/mol. The van der Waals surface area contributed by atoms with E-state index in [0.717, 1.165) is 23.3 Å². The molecule has 1 saturated heterocycles. The number of alkyl halides is 3. The molecule has 176 valence electrons. The number of thiazole rings is 1. The number of hydrogen-bond donors (Lipinski definition) is 0. The molecule has 0 spiro atoms. The lowest BCUT2D eigenvalue weighted by molar-refractivity contribution is -0.148. The van der Waals surface area contributed by atoms with Crippen LogP contribution in [0.3, 0.4) is 0 Å². The zero-order chi connectivity index (χ0) is 23.9. The normalized spacial score (nSPS) is 16.8. The summed E-state index contributed by atoms with van der Waals surface area (Å²) in [6, 6.07) is 6.21. The first kappa shape index (κ1) is 23.7. The fourth-order valence-electron chi connectivity index (χ4n) is 4.13. The van der Waals surface area contributed by atoms with Gasteiger partial charge in [0.1, 0.15) is 5.01 Å². The molecule has 3 heterocycles. The number of halogens is 4. The maximum Gasteiger partial charge on any atom is 0.449 e. The highest BCUT2D eigenvalue weighted by atomic mass is 35.5. The van der Waals surface area contributed by atoms with Crippen molar-refractivity contribution in [3.63, 3.8) is 0 Å². The lowest BCUT2D eigenvalue weighted by atomic mass is 10.1. The van der Waals surface area contributed by atoms with Crippen molar-refractivity contribution in [2.75, 3.05) is 6.54 Å².